The van der Waals surface area contributed by atoms with Gasteiger partial charge in [-0.2, -0.15) is 0 Å². The normalized spacial score (nSPS) is 14.8. The minimum absolute atomic E-state index is 0.0515. The van der Waals surface area contributed by atoms with E-state index in [0.717, 1.165) is 22.9 Å². The van der Waals surface area contributed by atoms with Gasteiger partial charge in [0.05, 0.1) is 11.1 Å². The summed E-state index contributed by atoms with van der Waals surface area (Å²) in [4.78, 5) is 15.7. The minimum atomic E-state index is -0.0515. The first-order valence-corrected chi connectivity index (χ1v) is 5.97. The van der Waals surface area contributed by atoms with E-state index >= 15 is 0 Å². The van der Waals surface area contributed by atoms with Crippen molar-refractivity contribution >= 4 is 21.7 Å². The summed E-state index contributed by atoms with van der Waals surface area (Å²) in [6, 6.07) is 0. The number of ketones is 1. The van der Waals surface area contributed by atoms with Crippen LogP contribution in [0.25, 0.3) is 0 Å². The zero-order valence-electron chi connectivity index (χ0n) is 8.70. The Hall–Kier alpha value is -0.940. The third-order valence-corrected chi connectivity index (χ3v) is 3.37. The molecule has 1 aromatic rings. The first-order chi connectivity index (χ1) is 7.74. The van der Waals surface area contributed by atoms with E-state index in [9.17, 15) is 4.79 Å². The minimum Gasteiger partial charge on any atom is -0.474 e. The lowest BCUT2D eigenvalue weighted by Crippen LogP contribution is -2.13. The topological polar surface area (TPSA) is 59.4 Å². The molecule has 2 rings (SSSR count). The molecule has 0 saturated heterocycles. The Morgan fingerprint density at radius 3 is 3.06 bits per heavy atom. The van der Waals surface area contributed by atoms with Gasteiger partial charge in [0.25, 0.3) is 0 Å². The fourth-order valence-electron chi connectivity index (χ4n) is 1.79. The molecule has 4 nitrogen and oxygen atoms in total. The molecular formula is C11H12BrNO3. The van der Waals surface area contributed by atoms with Crippen molar-refractivity contribution in [2.45, 2.75) is 19.3 Å². The second-order valence-electron chi connectivity index (χ2n) is 3.62. The molecule has 1 N–H and O–H groups in total. The van der Waals surface area contributed by atoms with Gasteiger partial charge in [-0.3, -0.25) is 4.79 Å². The van der Waals surface area contributed by atoms with Crippen molar-refractivity contribution in [3.63, 3.8) is 0 Å². The summed E-state index contributed by atoms with van der Waals surface area (Å²) in [5.41, 5.74) is 1.66. The van der Waals surface area contributed by atoms with Crippen molar-refractivity contribution in [2.75, 3.05) is 13.2 Å². The number of ether oxygens (including phenoxy) is 1. The van der Waals surface area contributed by atoms with Crippen molar-refractivity contribution in [3.8, 4) is 5.88 Å². The predicted molar refractivity (Wildman–Crippen MR) is 61.8 cm³/mol. The Balaban J connectivity index is 2.35. The van der Waals surface area contributed by atoms with Crippen LogP contribution < -0.4 is 4.74 Å². The van der Waals surface area contributed by atoms with Crippen LogP contribution in [0, 0.1) is 0 Å². The number of carbonyl (C=O) groups is 1. The number of rotatable bonds is 3. The quantitative estimate of drug-likeness (QED) is 0.919. The molecule has 1 aliphatic rings. The van der Waals surface area contributed by atoms with E-state index in [1.165, 1.54) is 0 Å². The Bertz CT molecular complexity index is 420. The molecule has 0 atom stereocenters. The highest BCUT2D eigenvalue weighted by molar-refractivity contribution is 9.10. The maximum atomic E-state index is 11.6. The van der Waals surface area contributed by atoms with E-state index in [1.807, 2.05) is 0 Å². The molecule has 0 aliphatic heterocycles. The number of Topliss-reactive ketones (excluding diaryl/α,β-unsaturated/α-hetero) is 1. The summed E-state index contributed by atoms with van der Waals surface area (Å²) in [7, 11) is 0. The molecule has 5 heteroatoms. The molecule has 0 radical (unpaired) electrons. The van der Waals surface area contributed by atoms with Gasteiger partial charge in [-0.15, -0.1) is 0 Å². The van der Waals surface area contributed by atoms with Crippen molar-refractivity contribution < 1.29 is 14.6 Å². The maximum Gasteiger partial charge on any atom is 0.228 e. The fraction of sp³-hybridized carbons (Fsp3) is 0.455. The van der Waals surface area contributed by atoms with Crippen LogP contribution in [0.2, 0.25) is 0 Å². The van der Waals surface area contributed by atoms with Gasteiger partial charge in [-0.25, -0.2) is 4.98 Å². The number of pyridine rings is 1. The molecule has 0 spiro atoms. The number of hydrogen-bond donors (Lipinski definition) is 1. The average Bonchev–Trinajstić information content (AvgIpc) is 2.29. The molecule has 1 aliphatic carbocycles. The largest absolute Gasteiger partial charge is 0.474 e. The molecule has 1 heterocycles. The lowest BCUT2D eigenvalue weighted by atomic mass is 9.92. The number of aliphatic hydroxyl groups is 1. The van der Waals surface area contributed by atoms with Gasteiger partial charge in [-0.05, 0) is 34.3 Å². The number of hydrogen-bond acceptors (Lipinski definition) is 4. The molecule has 16 heavy (non-hydrogen) atoms. The zero-order valence-corrected chi connectivity index (χ0v) is 10.3. The molecule has 0 fully saturated rings. The van der Waals surface area contributed by atoms with Gasteiger partial charge >= 0.3 is 0 Å². The third-order valence-electron chi connectivity index (χ3n) is 2.55. The summed E-state index contributed by atoms with van der Waals surface area (Å²) in [5.74, 6) is 0.589. The van der Waals surface area contributed by atoms with E-state index in [2.05, 4.69) is 20.9 Å². The van der Waals surface area contributed by atoms with Crippen LogP contribution in [0.4, 0.5) is 0 Å². The van der Waals surface area contributed by atoms with Crippen LogP contribution in [-0.2, 0) is 6.42 Å². The van der Waals surface area contributed by atoms with Crippen LogP contribution in [-0.4, -0.2) is 29.1 Å². The SMILES string of the molecule is O=C1CCCc2c1cnc(OCCO)c2Br. The fourth-order valence-corrected chi connectivity index (χ4v) is 2.42. The van der Waals surface area contributed by atoms with Crippen molar-refractivity contribution in [1.82, 2.24) is 4.98 Å². The summed E-state index contributed by atoms with van der Waals surface area (Å²) < 4.78 is 6.01. The molecule has 0 amide bonds. The van der Waals surface area contributed by atoms with E-state index in [0.29, 0.717) is 17.9 Å². The molecular weight excluding hydrogens is 274 g/mol. The first kappa shape index (κ1) is 11.5. The third kappa shape index (κ3) is 2.10. The number of fused-ring (bicyclic) bond motifs is 1. The van der Waals surface area contributed by atoms with Crippen LogP contribution in [0.3, 0.4) is 0 Å². The van der Waals surface area contributed by atoms with Gasteiger partial charge in [0.15, 0.2) is 5.78 Å². The van der Waals surface area contributed by atoms with Crippen molar-refractivity contribution in [1.29, 1.82) is 0 Å². The Kier molecular flexibility index (Phi) is 3.56. The van der Waals surface area contributed by atoms with E-state index in [1.54, 1.807) is 6.20 Å². The highest BCUT2D eigenvalue weighted by Crippen LogP contribution is 2.33. The smallest absolute Gasteiger partial charge is 0.228 e. The van der Waals surface area contributed by atoms with Gasteiger partial charge in [0.1, 0.15) is 6.61 Å². The number of aromatic nitrogens is 1. The molecule has 1 aromatic heterocycles. The number of halogens is 1. The highest BCUT2D eigenvalue weighted by Gasteiger charge is 2.22. The predicted octanol–water partition coefficient (Wildman–Crippen LogP) is 1.73. The van der Waals surface area contributed by atoms with Crippen LogP contribution in [0.15, 0.2) is 10.7 Å². The first-order valence-electron chi connectivity index (χ1n) is 5.18. The lowest BCUT2D eigenvalue weighted by molar-refractivity contribution is 0.0971. The van der Waals surface area contributed by atoms with Gasteiger partial charge in [-0.1, -0.05) is 0 Å². The Labute approximate surface area is 102 Å². The Morgan fingerprint density at radius 1 is 1.50 bits per heavy atom. The standard InChI is InChI=1S/C11H12BrNO3/c12-10-7-2-1-3-9(15)8(7)6-13-11(10)16-5-4-14/h6,14H,1-5H2. The molecule has 0 saturated carbocycles. The molecule has 86 valence electrons. The maximum absolute atomic E-state index is 11.6. The lowest BCUT2D eigenvalue weighted by Gasteiger charge is -2.17. The van der Waals surface area contributed by atoms with Crippen LogP contribution in [0.1, 0.15) is 28.8 Å². The molecule has 0 aromatic carbocycles. The van der Waals surface area contributed by atoms with Crippen molar-refractivity contribution in [2.24, 2.45) is 0 Å². The van der Waals surface area contributed by atoms with Crippen molar-refractivity contribution in [3.05, 3.63) is 21.8 Å². The second kappa shape index (κ2) is 4.93. The molecule has 0 bridgehead atoms. The molecule has 0 unspecified atom stereocenters. The highest BCUT2D eigenvalue weighted by atomic mass is 79.9. The summed E-state index contributed by atoms with van der Waals surface area (Å²) in [5, 5.41) is 8.68. The van der Waals surface area contributed by atoms with E-state index < -0.39 is 0 Å². The van der Waals surface area contributed by atoms with Gasteiger partial charge in [0, 0.05) is 18.2 Å². The number of nitrogens with zero attached hydrogens (tertiary/aromatic N) is 1. The number of aliphatic hydroxyl groups excluding tert-OH is 1. The monoisotopic (exact) mass is 285 g/mol. The second-order valence-corrected chi connectivity index (χ2v) is 4.41. The zero-order chi connectivity index (χ0) is 11.5. The summed E-state index contributed by atoms with van der Waals surface area (Å²) in [6.45, 7) is 0.155. The Morgan fingerprint density at radius 2 is 2.31 bits per heavy atom. The van der Waals surface area contributed by atoms with E-state index in [4.69, 9.17) is 9.84 Å². The average molecular weight is 286 g/mol. The van der Waals surface area contributed by atoms with Gasteiger partial charge in [0.2, 0.25) is 5.88 Å². The number of carbonyl (C=O) groups excluding carboxylic acids is 1. The van der Waals surface area contributed by atoms with Crippen LogP contribution in [0.5, 0.6) is 5.88 Å². The van der Waals surface area contributed by atoms with Crippen LogP contribution >= 0.6 is 15.9 Å². The summed E-state index contributed by atoms with van der Waals surface area (Å²) >= 11 is 3.40. The summed E-state index contributed by atoms with van der Waals surface area (Å²) in [6.07, 6.45) is 3.89. The van der Waals surface area contributed by atoms with E-state index in [-0.39, 0.29) is 19.0 Å². The van der Waals surface area contributed by atoms with Gasteiger partial charge < -0.3 is 9.84 Å².